The zero-order valence-corrected chi connectivity index (χ0v) is 10.7. The molecule has 0 fully saturated rings. The van der Waals surface area contributed by atoms with Crippen LogP contribution < -0.4 is 11.2 Å². The van der Waals surface area contributed by atoms with Crippen LogP contribution in [0.2, 0.25) is 0 Å². The minimum absolute atomic E-state index is 0.329. The van der Waals surface area contributed by atoms with Gasteiger partial charge in [-0.1, -0.05) is 60.7 Å². The molecule has 102 valence electrons. The van der Waals surface area contributed by atoms with E-state index in [0.29, 0.717) is 16.8 Å². The van der Waals surface area contributed by atoms with Crippen molar-refractivity contribution in [2.75, 3.05) is 0 Å². The summed E-state index contributed by atoms with van der Waals surface area (Å²) in [4.78, 5) is 10.8. The fraction of sp³-hybridized carbons (Fsp3) is 0.0667. The zero-order chi connectivity index (χ0) is 14.4. The van der Waals surface area contributed by atoms with Gasteiger partial charge in [-0.05, 0) is 5.56 Å². The van der Waals surface area contributed by atoms with Crippen molar-refractivity contribution in [1.29, 1.82) is 0 Å². The Bertz CT molecular complexity index is 597. The Hall–Kier alpha value is -2.66. The Balaban J connectivity index is 2.37. The molecule has 0 aliphatic carbocycles. The number of primary amides is 1. The Kier molecular flexibility index (Phi) is 4.47. The van der Waals surface area contributed by atoms with Gasteiger partial charge in [0.25, 0.3) is 0 Å². The van der Waals surface area contributed by atoms with Crippen molar-refractivity contribution in [3.8, 4) is 0 Å². The number of hydrogen-bond donors (Lipinski definition) is 3. The number of urea groups is 1. The lowest BCUT2D eigenvalue weighted by atomic mass is 9.99. The lowest BCUT2D eigenvalue weighted by molar-refractivity contribution is 0.244. The number of nitrogens with zero attached hydrogens (tertiary/aromatic N) is 1. The highest BCUT2D eigenvalue weighted by Gasteiger charge is 2.17. The Morgan fingerprint density at radius 3 is 2.15 bits per heavy atom. The molecule has 1 unspecified atom stereocenters. The first kappa shape index (κ1) is 13.8. The van der Waals surface area contributed by atoms with Gasteiger partial charge in [-0.2, -0.15) is 5.10 Å². The maximum atomic E-state index is 10.8. The predicted molar refractivity (Wildman–Crippen MR) is 77.1 cm³/mol. The van der Waals surface area contributed by atoms with Crippen molar-refractivity contribution in [3.05, 3.63) is 71.8 Å². The van der Waals surface area contributed by atoms with E-state index in [1.165, 1.54) is 0 Å². The van der Waals surface area contributed by atoms with Gasteiger partial charge in [0.05, 0.1) is 0 Å². The largest absolute Gasteiger partial charge is 0.382 e. The van der Waals surface area contributed by atoms with Gasteiger partial charge in [0.2, 0.25) is 0 Å². The standard InChI is InChI=1S/C15H15N3O2/c16-15(20)18-17-13(11-7-3-1-4-8-11)14(19)12-9-5-2-6-10-12/h1-10,14,19H,(H3,16,18,20). The normalized spacial score (nSPS) is 12.8. The third-order valence-electron chi connectivity index (χ3n) is 2.73. The highest BCUT2D eigenvalue weighted by atomic mass is 16.3. The van der Waals surface area contributed by atoms with E-state index in [0.717, 1.165) is 0 Å². The molecule has 0 saturated heterocycles. The molecular formula is C15H15N3O2. The van der Waals surface area contributed by atoms with Gasteiger partial charge >= 0.3 is 6.03 Å². The summed E-state index contributed by atoms with van der Waals surface area (Å²) in [6, 6.07) is 17.4. The molecule has 2 aromatic carbocycles. The predicted octanol–water partition coefficient (Wildman–Crippen LogP) is 1.79. The number of carbonyl (C=O) groups excluding carboxylic acids is 1. The third-order valence-corrected chi connectivity index (χ3v) is 2.73. The van der Waals surface area contributed by atoms with Crippen molar-refractivity contribution < 1.29 is 9.90 Å². The topological polar surface area (TPSA) is 87.7 Å². The van der Waals surface area contributed by atoms with Crippen LogP contribution in [0.15, 0.2) is 65.8 Å². The van der Waals surface area contributed by atoms with Crippen LogP contribution in [0.1, 0.15) is 17.2 Å². The molecule has 0 aliphatic rings. The molecule has 0 radical (unpaired) electrons. The van der Waals surface area contributed by atoms with Crippen LogP contribution in [0.5, 0.6) is 0 Å². The molecule has 2 aromatic rings. The van der Waals surface area contributed by atoms with Gasteiger partial charge in [-0.15, -0.1) is 0 Å². The van der Waals surface area contributed by atoms with Gasteiger partial charge < -0.3 is 10.8 Å². The molecule has 5 heteroatoms. The SMILES string of the molecule is NC(=O)NN=C(c1ccccc1)C(O)c1ccccc1. The van der Waals surface area contributed by atoms with E-state index in [2.05, 4.69) is 10.5 Å². The van der Waals surface area contributed by atoms with E-state index in [4.69, 9.17) is 5.73 Å². The van der Waals surface area contributed by atoms with Gasteiger partial charge in [0, 0.05) is 5.56 Å². The maximum absolute atomic E-state index is 10.8. The summed E-state index contributed by atoms with van der Waals surface area (Å²) in [5, 5.41) is 14.3. The van der Waals surface area contributed by atoms with E-state index in [1.807, 2.05) is 36.4 Å². The molecule has 0 aromatic heterocycles. The lowest BCUT2D eigenvalue weighted by Gasteiger charge is -2.14. The minimum atomic E-state index is -0.953. The van der Waals surface area contributed by atoms with Gasteiger partial charge in [0.1, 0.15) is 11.8 Å². The molecule has 0 bridgehead atoms. The second kappa shape index (κ2) is 6.49. The quantitative estimate of drug-likeness (QED) is 0.583. The van der Waals surface area contributed by atoms with Crippen LogP contribution in [-0.2, 0) is 0 Å². The Labute approximate surface area is 116 Å². The number of benzene rings is 2. The summed E-state index contributed by atoms with van der Waals surface area (Å²) in [7, 11) is 0. The first-order valence-corrected chi connectivity index (χ1v) is 6.10. The smallest absolute Gasteiger partial charge is 0.332 e. The Morgan fingerprint density at radius 1 is 1.05 bits per heavy atom. The molecule has 0 heterocycles. The summed E-state index contributed by atoms with van der Waals surface area (Å²) < 4.78 is 0. The van der Waals surface area contributed by atoms with Crippen molar-refractivity contribution in [2.45, 2.75) is 6.10 Å². The molecule has 20 heavy (non-hydrogen) atoms. The second-order valence-electron chi connectivity index (χ2n) is 4.15. The summed E-state index contributed by atoms with van der Waals surface area (Å²) in [5.41, 5.74) is 8.90. The number of nitrogens with one attached hydrogen (secondary N) is 1. The second-order valence-corrected chi connectivity index (χ2v) is 4.15. The van der Waals surface area contributed by atoms with Crippen molar-refractivity contribution in [2.24, 2.45) is 10.8 Å². The molecule has 2 rings (SSSR count). The fourth-order valence-electron chi connectivity index (χ4n) is 1.80. The summed E-state index contributed by atoms with van der Waals surface area (Å²) in [6.45, 7) is 0. The molecule has 4 N–H and O–H groups in total. The number of carbonyl (C=O) groups is 1. The van der Waals surface area contributed by atoms with E-state index in [1.54, 1.807) is 24.3 Å². The maximum Gasteiger partial charge on any atom is 0.332 e. The average Bonchev–Trinajstić information content (AvgIpc) is 2.49. The number of hydrogen-bond acceptors (Lipinski definition) is 3. The van der Waals surface area contributed by atoms with Crippen LogP contribution in [0.25, 0.3) is 0 Å². The number of rotatable bonds is 4. The number of aliphatic hydroxyl groups excluding tert-OH is 1. The number of hydrazone groups is 1. The fourth-order valence-corrected chi connectivity index (χ4v) is 1.80. The van der Waals surface area contributed by atoms with Crippen LogP contribution in [-0.4, -0.2) is 16.8 Å². The average molecular weight is 269 g/mol. The molecule has 0 aliphatic heterocycles. The molecule has 5 nitrogen and oxygen atoms in total. The number of amides is 2. The molecule has 2 amide bonds. The van der Waals surface area contributed by atoms with Crippen LogP contribution in [0, 0.1) is 0 Å². The molecule has 0 saturated carbocycles. The molecule has 0 spiro atoms. The van der Waals surface area contributed by atoms with Crippen molar-refractivity contribution in [1.82, 2.24) is 5.43 Å². The highest BCUT2D eigenvalue weighted by Crippen LogP contribution is 2.18. The van der Waals surface area contributed by atoms with Crippen molar-refractivity contribution in [3.63, 3.8) is 0 Å². The Morgan fingerprint density at radius 2 is 1.60 bits per heavy atom. The summed E-state index contributed by atoms with van der Waals surface area (Å²) in [6.07, 6.45) is -0.953. The summed E-state index contributed by atoms with van der Waals surface area (Å²) in [5.74, 6) is 0. The first-order valence-electron chi connectivity index (χ1n) is 6.10. The molecular weight excluding hydrogens is 254 g/mol. The molecule has 1 atom stereocenters. The number of aliphatic hydroxyl groups is 1. The van der Waals surface area contributed by atoms with Crippen LogP contribution in [0.4, 0.5) is 4.79 Å². The summed E-state index contributed by atoms with van der Waals surface area (Å²) >= 11 is 0. The zero-order valence-electron chi connectivity index (χ0n) is 10.7. The first-order chi connectivity index (χ1) is 9.68. The van der Waals surface area contributed by atoms with Gasteiger partial charge in [-0.3, -0.25) is 0 Å². The lowest BCUT2D eigenvalue weighted by Crippen LogP contribution is -2.27. The van der Waals surface area contributed by atoms with Gasteiger partial charge in [0.15, 0.2) is 0 Å². The van der Waals surface area contributed by atoms with E-state index in [9.17, 15) is 9.90 Å². The van der Waals surface area contributed by atoms with Crippen molar-refractivity contribution >= 4 is 11.7 Å². The van der Waals surface area contributed by atoms with E-state index >= 15 is 0 Å². The highest BCUT2D eigenvalue weighted by molar-refractivity contribution is 6.04. The number of nitrogens with two attached hydrogens (primary N) is 1. The van der Waals surface area contributed by atoms with Crippen LogP contribution in [0.3, 0.4) is 0 Å². The van der Waals surface area contributed by atoms with Crippen LogP contribution >= 0.6 is 0 Å². The van der Waals surface area contributed by atoms with E-state index < -0.39 is 12.1 Å². The van der Waals surface area contributed by atoms with Gasteiger partial charge in [-0.25, -0.2) is 10.2 Å². The minimum Gasteiger partial charge on any atom is -0.382 e. The monoisotopic (exact) mass is 269 g/mol. The third kappa shape index (κ3) is 3.43. The van der Waals surface area contributed by atoms with E-state index in [-0.39, 0.29) is 0 Å².